The van der Waals surface area contributed by atoms with Gasteiger partial charge in [-0.3, -0.25) is 4.79 Å². The maximum Gasteiger partial charge on any atom is 0.310 e. The first-order valence-electron chi connectivity index (χ1n) is 6.20. The highest BCUT2D eigenvalue weighted by Crippen LogP contribution is 2.38. The smallest absolute Gasteiger partial charge is 0.310 e. The molecular formula is C16H14O2. The van der Waals surface area contributed by atoms with Crippen LogP contribution >= 0.6 is 0 Å². The molecule has 2 aromatic carbocycles. The van der Waals surface area contributed by atoms with Crippen LogP contribution in [-0.2, 0) is 11.2 Å². The Balaban J connectivity index is 2.00. The van der Waals surface area contributed by atoms with Gasteiger partial charge in [-0.25, -0.2) is 0 Å². The lowest BCUT2D eigenvalue weighted by Crippen LogP contribution is -2.05. The largest absolute Gasteiger partial charge is 0.427 e. The highest BCUT2D eigenvalue weighted by molar-refractivity contribution is 5.79. The second kappa shape index (κ2) is 4.30. The number of fused-ring (bicyclic) bond motifs is 3. The molecule has 0 bridgehead atoms. The van der Waals surface area contributed by atoms with E-state index in [2.05, 4.69) is 18.2 Å². The van der Waals surface area contributed by atoms with Crippen molar-refractivity contribution in [3.05, 3.63) is 53.6 Å². The standard InChI is InChI=1S/C16H14O2/c1-2-16(17)18-13-8-7-12-9-11-5-3-4-6-14(11)15(12)10-13/h3-8,10H,2,9H2,1H3. The number of rotatable bonds is 2. The molecular weight excluding hydrogens is 224 g/mol. The summed E-state index contributed by atoms with van der Waals surface area (Å²) in [5.74, 6) is 0.443. The van der Waals surface area contributed by atoms with Gasteiger partial charge < -0.3 is 4.74 Å². The van der Waals surface area contributed by atoms with Crippen LogP contribution in [0.1, 0.15) is 24.5 Å². The van der Waals surface area contributed by atoms with Crippen LogP contribution in [0, 0.1) is 0 Å². The van der Waals surface area contributed by atoms with Crippen molar-refractivity contribution < 1.29 is 9.53 Å². The van der Waals surface area contributed by atoms with Crippen molar-refractivity contribution in [1.29, 1.82) is 0 Å². The number of carbonyl (C=O) groups excluding carboxylic acids is 1. The first-order valence-corrected chi connectivity index (χ1v) is 6.20. The number of esters is 1. The van der Waals surface area contributed by atoms with Crippen molar-refractivity contribution in [3.63, 3.8) is 0 Å². The fraction of sp³-hybridized carbons (Fsp3) is 0.188. The predicted octanol–water partition coefficient (Wildman–Crippen LogP) is 3.57. The Morgan fingerprint density at radius 2 is 1.89 bits per heavy atom. The lowest BCUT2D eigenvalue weighted by molar-refractivity contribution is -0.134. The van der Waals surface area contributed by atoms with Gasteiger partial charge in [0.15, 0.2) is 0 Å². The maximum absolute atomic E-state index is 11.3. The normalized spacial score (nSPS) is 11.8. The summed E-state index contributed by atoms with van der Waals surface area (Å²) in [7, 11) is 0. The second-order valence-electron chi connectivity index (χ2n) is 4.48. The Bertz CT molecular complexity index is 614. The Morgan fingerprint density at radius 3 is 2.72 bits per heavy atom. The molecule has 2 heteroatoms. The van der Waals surface area contributed by atoms with Crippen molar-refractivity contribution in [2.75, 3.05) is 0 Å². The van der Waals surface area contributed by atoms with Gasteiger partial charge in [0.05, 0.1) is 0 Å². The van der Waals surface area contributed by atoms with Crippen LogP contribution in [0.4, 0.5) is 0 Å². The lowest BCUT2D eigenvalue weighted by atomic mass is 10.1. The fourth-order valence-electron chi connectivity index (χ4n) is 2.37. The lowest BCUT2D eigenvalue weighted by Gasteiger charge is -2.06. The molecule has 0 atom stereocenters. The molecule has 0 radical (unpaired) electrons. The van der Waals surface area contributed by atoms with Gasteiger partial charge in [0.25, 0.3) is 0 Å². The average molecular weight is 238 g/mol. The van der Waals surface area contributed by atoms with Crippen LogP contribution in [0.2, 0.25) is 0 Å². The van der Waals surface area contributed by atoms with Crippen molar-refractivity contribution in [1.82, 2.24) is 0 Å². The number of carbonyl (C=O) groups is 1. The monoisotopic (exact) mass is 238 g/mol. The molecule has 0 amide bonds. The predicted molar refractivity (Wildman–Crippen MR) is 70.6 cm³/mol. The Morgan fingerprint density at radius 1 is 1.11 bits per heavy atom. The molecule has 3 rings (SSSR count). The summed E-state index contributed by atoms with van der Waals surface area (Å²) >= 11 is 0. The van der Waals surface area contributed by atoms with Crippen LogP contribution in [0.15, 0.2) is 42.5 Å². The number of hydrogen-bond acceptors (Lipinski definition) is 2. The topological polar surface area (TPSA) is 26.3 Å². The van der Waals surface area contributed by atoms with E-state index in [0.717, 1.165) is 6.42 Å². The van der Waals surface area contributed by atoms with Crippen LogP contribution in [0.5, 0.6) is 5.75 Å². The molecule has 0 aromatic heterocycles. The van der Waals surface area contributed by atoms with Crippen LogP contribution < -0.4 is 4.74 Å². The third kappa shape index (κ3) is 1.80. The van der Waals surface area contributed by atoms with Gasteiger partial charge in [0, 0.05) is 6.42 Å². The van der Waals surface area contributed by atoms with Crippen LogP contribution in [-0.4, -0.2) is 5.97 Å². The van der Waals surface area contributed by atoms with E-state index in [0.29, 0.717) is 12.2 Å². The molecule has 0 aliphatic heterocycles. The summed E-state index contributed by atoms with van der Waals surface area (Å²) in [6.45, 7) is 1.80. The first kappa shape index (κ1) is 11.0. The molecule has 2 nitrogen and oxygen atoms in total. The third-order valence-corrected chi connectivity index (χ3v) is 3.29. The highest BCUT2D eigenvalue weighted by Gasteiger charge is 2.18. The summed E-state index contributed by atoms with van der Waals surface area (Å²) in [5, 5.41) is 0. The molecule has 90 valence electrons. The maximum atomic E-state index is 11.3. The summed E-state index contributed by atoms with van der Waals surface area (Å²) < 4.78 is 5.26. The third-order valence-electron chi connectivity index (χ3n) is 3.29. The summed E-state index contributed by atoms with van der Waals surface area (Å²) in [5.41, 5.74) is 5.08. The molecule has 0 spiro atoms. The van der Waals surface area contributed by atoms with E-state index in [1.807, 2.05) is 24.3 Å². The van der Waals surface area contributed by atoms with Gasteiger partial charge in [0.2, 0.25) is 0 Å². The SMILES string of the molecule is CCC(=O)Oc1ccc2c(c1)-c1ccccc1C2. The second-order valence-corrected chi connectivity index (χ2v) is 4.48. The minimum Gasteiger partial charge on any atom is -0.427 e. The molecule has 0 saturated carbocycles. The van der Waals surface area contributed by atoms with Crippen molar-refractivity contribution in [2.45, 2.75) is 19.8 Å². The molecule has 18 heavy (non-hydrogen) atoms. The molecule has 0 N–H and O–H groups in total. The Labute approximate surface area is 106 Å². The van der Waals surface area contributed by atoms with E-state index < -0.39 is 0 Å². The van der Waals surface area contributed by atoms with Gasteiger partial charge in [-0.1, -0.05) is 37.3 Å². The molecule has 0 unspecified atom stereocenters. The average Bonchev–Trinajstić information content (AvgIpc) is 2.77. The van der Waals surface area contributed by atoms with Crippen molar-refractivity contribution >= 4 is 5.97 Å². The molecule has 2 aromatic rings. The first-order chi connectivity index (χ1) is 8.78. The molecule has 0 heterocycles. The van der Waals surface area contributed by atoms with E-state index in [1.165, 1.54) is 22.3 Å². The zero-order valence-electron chi connectivity index (χ0n) is 10.3. The zero-order chi connectivity index (χ0) is 12.5. The number of hydrogen-bond donors (Lipinski definition) is 0. The molecule has 0 saturated heterocycles. The number of ether oxygens (including phenoxy) is 1. The van der Waals surface area contributed by atoms with E-state index in [-0.39, 0.29) is 5.97 Å². The van der Waals surface area contributed by atoms with Crippen molar-refractivity contribution in [2.24, 2.45) is 0 Å². The van der Waals surface area contributed by atoms with Gasteiger partial charge in [0.1, 0.15) is 5.75 Å². The zero-order valence-corrected chi connectivity index (χ0v) is 10.3. The molecule has 1 aliphatic carbocycles. The summed E-state index contributed by atoms with van der Waals surface area (Å²) in [6, 6.07) is 14.3. The fourth-order valence-corrected chi connectivity index (χ4v) is 2.37. The van der Waals surface area contributed by atoms with Gasteiger partial charge in [-0.15, -0.1) is 0 Å². The van der Waals surface area contributed by atoms with Gasteiger partial charge >= 0.3 is 5.97 Å². The van der Waals surface area contributed by atoms with E-state index in [9.17, 15) is 4.79 Å². The van der Waals surface area contributed by atoms with Gasteiger partial charge in [-0.2, -0.15) is 0 Å². The Hall–Kier alpha value is -2.09. The molecule has 0 fully saturated rings. The van der Waals surface area contributed by atoms with Crippen LogP contribution in [0.3, 0.4) is 0 Å². The molecule has 1 aliphatic rings. The van der Waals surface area contributed by atoms with Crippen LogP contribution in [0.25, 0.3) is 11.1 Å². The quantitative estimate of drug-likeness (QED) is 0.504. The van der Waals surface area contributed by atoms with Gasteiger partial charge in [-0.05, 0) is 40.8 Å². The number of benzene rings is 2. The van der Waals surface area contributed by atoms with E-state index >= 15 is 0 Å². The Kier molecular flexibility index (Phi) is 2.63. The van der Waals surface area contributed by atoms with E-state index in [4.69, 9.17) is 4.74 Å². The van der Waals surface area contributed by atoms with Crippen molar-refractivity contribution in [3.8, 4) is 16.9 Å². The summed E-state index contributed by atoms with van der Waals surface area (Å²) in [6.07, 6.45) is 1.36. The summed E-state index contributed by atoms with van der Waals surface area (Å²) in [4.78, 5) is 11.3. The minimum atomic E-state index is -0.193. The van der Waals surface area contributed by atoms with E-state index in [1.54, 1.807) is 6.92 Å². The highest BCUT2D eigenvalue weighted by atomic mass is 16.5. The minimum absolute atomic E-state index is 0.193.